The van der Waals surface area contributed by atoms with Crippen LogP contribution in [0.5, 0.6) is 5.75 Å². The number of piperidine rings is 1. The van der Waals surface area contributed by atoms with E-state index in [4.69, 9.17) is 0 Å². The summed E-state index contributed by atoms with van der Waals surface area (Å²) in [6.07, 6.45) is 5.28. The van der Waals surface area contributed by atoms with Crippen LogP contribution in [0.1, 0.15) is 36.3 Å². The Morgan fingerprint density at radius 3 is 3.06 bits per heavy atom. The van der Waals surface area contributed by atoms with Crippen LogP contribution in [0, 0.1) is 5.92 Å². The highest BCUT2D eigenvalue weighted by atomic mass is 16.3. The third kappa shape index (κ3) is 1.25. The average molecular weight is 229 g/mol. The molecule has 0 saturated carbocycles. The highest BCUT2D eigenvalue weighted by Gasteiger charge is 2.48. The van der Waals surface area contributed by atoms with Crippen molar-refractivity contribution in [3.05, 3.63) is 29.3 Å². The van der Waals surface area contributed by atoms with Gasteiger partial charge in [-0.15, -0.1) is 0 Å². The molecule has 2 saturated heterocycles. The number of rotatable bonds is 0. The van der Waals surface area contributed by atoms with E-state index >= 15 is 0 Å². The zero-order valence-electron chi connectivity index (χ0n) is 10.3. The average Bonchev–Trinajstić information content (AvgIpc) is 2.77. The van der Waals surface area contributed by atoms with Gasteiger partial charge in [0.1, 0.15) is 5.75 Å². The van der Waals surface area contributed by atoms with Gasteiger partial charge < -0.3 is 10.0 Å². The molecule has 2 aliphatic heterocycles. The fraction of sp³-hybridized carbons (Fsp3) is 0.600. The van der Waals surface area contributed by atoms with Gasteiger partial charge in [-0.3, -0.25) is 0 Å². The van der Waals surface area contributed by atoms with Crippen molar-refractivity contribution in [2.24, 2.45) is 5.92 Å². The van der Waals surface area contributed by atoms with Gasteiger partial charge in [0.15, 0.2) is 0 Å². The summed E-state index contributed by atoms with van der Waals surface area (Å²) >= 11 is 0. The molecule has 0 aromatic heterocycles. The molecule has 2 bridgehead atoms. The maximum Gasteiger partial charge on any atom is 0.115 e. The van der Waals surface area contributed by atoms with E-state index in [-0.39, 0.29) is 0 Å². The van der Waals surface area contributed by atoms with Crippen LogP contribution in [0.4, 0.5) is 0 Å². The zero-order chi connectivity index (χ0) is 11.6. The fourth-order valence-electron chi connectivity index (χ4n) is 4.58. The van der Waals surface area contributed by atoms with Crippen molar-refractivity contribution in [1.29, 1.82) is 0 Å². The summed E-state index contributed by atoms with van der Waals surface area (Å²) in [5.74, 6) is 1.96. The number of hydrogen-bond donors (Lipinski definition) is 1. The van der Waals surface area contributed by atoms with Crippen molar-refractivity contribution in [1.82, 2.24) is 4.90 Å². The molecular weight excluding hydrogens is 210 g/mol. The highest BCUT2D eigenvalue weighted by molar-refractivity contribution is 5.43. The number of fused-ring (bicyclic) bond motifs is 6. The second-order valence-electron chi connectivity index (χ2n) is 6.06. The Bertz CT molecular complexity index is 470. The van der Waals surface area contributed by atoms with Crippen LogP contribution in [0.15, 0.2) is 18.2 Å². The van der Waals surface area contributed by atoms with Crippen LogP contribution in [0.2, 0.25) is 0 Å². The van der Waals surface area contributed by atoms with Crippen LogP contribution in [-0.2, 0) is 6.42 Å². The molecule has 4 rings (SSSR count). The second kappa shape index (κ2) is 3.26. The lowest BCUT2D eigenvalue weighted by molar-refractivity contribution is 0.109. The molecule has 1 N–H and O–H groups in total. The molecule has 1 aliphatic carbocycles. The lowest BCUT2D eigenvalue weighted by atomic mass is 9.81. The van der Waals surface area contributed by atoms with Crippen molar-refractivity contribution in [3.8, 4) is 5.75 Å². The summed E-state index contributed by atoms with van der Waals surface area (Å²) in [6, 6.07) is 7.57. The summed E-state index contributed by atoms with van der Waals surface area (Å²) in [6.45, 7) is 0. The summed E-state index contributed by atoms with van der Waals surface area (Å²) < 4.78 is 0. The molecule has 2 heterocycles. The molecule has 3 aliphatic rings. The molecular formula is C15H19NO. The minimum Gasteiger partial charge on any atom is -0.508 e. The third-order valence-corrected chi connectivity index (χ3v) is 5.42. The van der Waals surface area contributed by atoms with Gasteiger partial charge in [0, 0.05) is 12.1 Å². The van der Waals surface area contributed by atoms with Crippen LogP contribution in [-0.4, -0.2) is 29.1 Å². The lowest BCUT2D eigenvalue weighted by Crippen LogP contribution is -2.44. The van der Waals surface area contributed by atoms with Gasteiger partial charge in [0.2, 0.25) is 0 Å². The minimum absolute atomic E-state index is 0.440. The normalized spacial score (nSPS) is 39.1. The van der Waals surface area contributed by atoms with E-state index in [0.717, 1.165) is 18.0 Å². The smallest absolute Gasteiger partial charge is 0.115 e. The van der Waals surface area contributed by atoms with E-state index in [1.54, 1.807) is 0 Å². The molecule has 2 fully saturated rings. The van der Waals surface area contributed by atoms with Crippen molar-refractivity contribution in [2.45, 2.75) is 43.7 Å². The number of benzene rings is 1. The largest absolute Gasteiger partial charge is 0.508 e. The van der Waals surface area contributed by atoms with Gasteiger partial charge in [0.05, 0.1) is 0 Å². The third-order valence-electron chi connectivity index (χ3n) is 5.42. The fourth-order valence-corrected chi connectivity index (χ4v) is 4.58. The summed E-state index contributed by atoms with van der Waals surface area (Å²) in [4.78, 5) is 2.62. The van der Waals surface area contributed by atoms with Gasteiger partial charge >= 0.3 is 0 Å². The number of aromatic hydroxyl groups is 1. The van der Waals surface area contributed by atoms with E-state index in [0.29, 0.717) is 11.7 Å². The molecule has 4 atom stereocenters. The van der Waals surface area contributed by atoms with Crippen molar-refractivity contribution in [3.63, 3.8) is 0 Å². The molecule has 1 aromatic rings. The van der Waals surface area contributed by atoms with Crippen LogP contribution in [0.3, 0.4) is 0 Å². The van der Waals surface area contributed by atoms with Gasteiger partial charge in [0.25, 0.3) is 0 Å². The molecule has 0 unspecified atom stereocenters. The molecule has 0 radical (unpaired) electrons. The Hall–Kier alpha value is -1.02. The SMILES string of the molecule is CN1[C@H]2CC[C@@H]1[C@H]1Cc3ccc(O)cc3[C@H]1C2. The van der Waals surface area contributed by atoms with Crippen molar-refractivity contribution in [2.75, 3.05) is 7.05 Å². The Morgan fingerprint density at radius 1 is 1.29 bits per heavy atom. The lowest BCUT2D eigenvalue weighted by Gasteiger charge is -2.40. The molecule has 0 spiro atoms. The molecule has 17 heavy (non-hydrogen) atoms. The monoisotopic (exact) mass is 229 g/mol. The van der Waals surface area contributed by atoms with E-state index in [9.17, 15) is 5.11 Å². The summed E-state index contributed by atoms with van der Waals surface area (Å²) in [7, 11) is 2.30. The van der Waals surface area contributed by atoms with Crippen molar-refractivity contribution >= 4 is 0 Å². The Labute approximate surface area is 102 Å². The van der Waals surface area contributed by atoms with Gasteiger partial charge in [-0.2, -0.15) is 0 Å². The van der Waals surface area contributed by atoms with E-state index in [1.807, 2.05) is 12.1 Å². The Balaban J connectivity index is 1.77. The first-order valence-electron chi connectivity index (χ1n) is 6.78. The predicted octanol–water partition coefficient (Wildman–Crippen LogP) is 2.51. The Morgan fingerprint density at radius 2 is 2.18 bits per heavy atom. The highest BCUT2D eigenvalue weighted by Crippen LogP contribution is 2.52. The standard InChI is InChI=1S/C15H19NO/c1-16-10-3-5-15(16)14-6-9-2-4-11(17)8-12(9)13(14)7-10/h2,4,8,10,13-15,17H,3,5-7H2,1H3/t10-,13+,14-,15+/m0/s1. The predicted molar refractivity (Wildman–Crippen MR) is 67.2 cm³/mol. The topological polar surface area (TPSA) is 23.5 Å². The molecule has 2 nitrogen and oxygen atoms in total. The van der Waals surface area contributed by atoms with E-state index in [2.05, 4.69) is 18.0 Å². The minimum atomic E-state index is 0.440. The molecule has 90 valence electrons. The number of nitrogens with zero attached hydrogens (tertiary/aromatic N) is 1. The molecule has 2 heteroatoms. The number of phenolic OH excluding ortho intramolecular Hbond substituents is 1. The number of phenols is 1. The van der Waals surface area contributed by atoms with E-state index < -0.39 is 0 Å². The second-order valence-corrected chi connectivity index (χ2v) is 6.06. The van der Waals surface area contributed by atoms with E-state index in [1.165, 1.54) is 36.8 Å². The van der Waals surface area contributed by atoms with Crippen LogP contribution < -0.4 is 0 Å². The van der Waals surface area contributed by atoms with Crippen LogP contribution >= 0.6 is 0 Å². The summed E-state index contributed by atoms with van der Waals surface area (Å²) in [5, 5.41) is 9.68. The quantitative estimate of drug-likeness (QED) is 0.739. The molecule has 1 aromatic carbocycles. The van der Waals surface area contributed by atoms with Crippen LogP contribution in [0.25, 0.3) is 0 Å². The first kappa shape index (κ1) is 9.95. The van der Waals surface area contributed by atoms with Gasteiger partial charge in [-0.25, -0.2) is 0 Å². The molecule has 0 amide bonds. The maximum absolute atomic E-state index is 9.68. The van der Waals surface area contributed by atoms with Crippen molar-refractivity contribution < 1.29 is 5.11 Å². The summed E-state index contributed by atoms with van der Waals surface area (Å²) in [5.41, 5.74) is 2.93. The zero-order valence-corrected chi connectivity index (χ0v) is 10.3. The maximum atomic E-state index is 9.68. The first-order chi connectivity index (χ1) is 8.24. The first-order valence-corrected chi connectivity index (χ1v) is 6.78. The van der Waals surface area contributed by atoms with Gasteiger partial charge in [-0.1, -0.05) is 6.07 Å². The Kier molecular flexibility index (Phi) is 1.91. The number of hydrogen-bond acceptors (Lipinski definition) is 2. The van der Waals surface area contributed by atoms with Gasteiger partial charge in [-0.05, 0) is 67.8 Å².